The highest BCUT2D eigenvalue weighted by Crippen LogP contribution is 2.50. The quantitative estimate of drug-likeness (QED) is 0.140. The molecule has 2 aromatic carbocycles. The number of nitrogens with zero attached hydrogens (tertiary/aromatic N) is 2. The molecule has 3 heterocycles. The van der Waals surface area contributed by atoms with Crippen LogP contribution in [0, 0.1) is 0 Å². The van der Waals surface area contributed by atoms with Crippen molar-refractivity contribution in [1.29, 1.82) is 0 Å². The highest BCUT2D eigenvalue weighted by Gasteiger charge is 2.58. The van der Waals surface area contributed by atoms with Crippen molar-refractivity contribution in [3.8, 4) is 0 Å². The summed E-state index contributed by atoms with van der Waals surface area (Å²) in [6.07, 6.45) is 0. The van der Waals surface area contributed by atoms with E-state index >= 15 is 0 Å². The third-order valence-corrected chi connectivity index (χ3v) is 8.98. The van der Waals surface area contributed by atoms with Gasteiger partial charge in [-0.2, -0.15) is 0 Å². The van der Waals surface area contributed by atoms with Gasteiger partial charge in [0, 0.05) is 10.6 Å². The molecule has 12 heteroatoms. The Morgan fingerprint density at radius 2 is 1.30 bits per heavy atom. The van der Waals surface area contributed by atoms with Gasteiger partial charge in [-0.15, -0.1) is 11.3 Å². The van der Waals surface area contributed by atoms with E-state index in [1.807, 2.05) is 17.5 Å². The van der Waals surface area contributed by atoms with Crippen LogP contribution in [0.3, 0.4) is 0 Å². The summed E-state index contributed by atoms with van der Waals surface area (Å²) in [5.74, 6) is -2.02. The number of thiophene rings is 1. The summed E-state index contributed by atoms with van der Waals surface area (Å²) in [4.78, 5) is 43.2. The van der Waals surface area contributed by atoms with Crippen LogP contribution in [-0.2, 0) is 4.79 Å². The number of benzene rings is 2. The molecule has 5 nitrogen and oxygen atoms in total. The molecule has 0 N–H and O–H groups in total. The van der Waals surface area contributed by atoms with Crippen LogP contribution in [0.4, 0.5) is 5.69 Å². The Kier molecular flexibility index (Phi) is 5.85. The van der Waals surface area contributed by atoms with Gasteiger partial charge >= 0.3 is 0 Å². The number of hydrogen-bond donors (Lipinski definition) is 0. The first-order chi connectivity index (χ1) is 15.6. The second kappa shape index (κ2) is 8.31. The van der Waals surface area contributed by atoms with Crippen LogP contribution in [0.1, 0.15) is 31.6 Å². The number of carbonyl (C=O) groups excluding carboxylic acids is 3. The molecule has 2 atom stereocenters. The third kappa shape index (κ3) is 3.31. The number of carbonyl (C=O) groups is 3. The largest absolute Gasteiger partial charge is 0.300 e. The molecule has 1 aromatic heterocycles. The monoisotopic (exact) mass is 578 g/mol. The van der Waals surface area contributed by atoms with Crippen molar-refractivity contribution in [3.05, 3.63) is 81.9 Å². The van der Waals surface area contributed by atoms with E-state index in [4.69, 9.17) is 69.6 Å². The van der Waals surface area contributed by atoms with Crippen LogP contribution in [0.2, 0.25) is 30.1 Å². The summed E-state index contributed by atoms with van der Waals surface area (Å²) in [5, 5.41) is 1.76. The van der Waals surface area contributed by atoms with Gasteiger partial charge in [0.25, 0.3) is 17.7 Å². The molecule has 2 unspecified atom stereocenters. The lowest BCUT2D eigenvalue weighted by Gasteiger charge is -2.49. The van der Waals surface area contributed by atoms with Crippen LogP contribution < -0.4 is 4.90 Å². The van der Waals surface area contributed by atoms with Crippen molar-refractivity contribution < 1.29 is 14.4 Å². The lowest BCUT2D eigenvalue weighted by atomic mass is 9.90. The maximum Gasteiger partial charge on any atom is 0.264 e. The topological polar surface area (TPSA) is 57.7 Å². The Hall–Kier alpha value is -1.51. The maximum absolute atomic E-state index is 13.4. The van der Waals surface area contributed by atoms with Gasteiger partial charge in [0.05, 0.1) is 41.3 Å². The molecule has 33 heavy (non-hydrogen) atoms. The Morgan fingerprint density at radius 3 is 1.82 bits per heavy atom. The molecule has 0 radical (unpaired) electrons. The standard InChI is InChI=1S/C21H8Cl6N2O3S/c22-8-4-3-7(6-9(8)23)28-17(10-2-1-5-33-10)18(21(28)32)29-19(30)11-12(20(29)31)14(25)16(27)15(26)13(11)24/h1-6,17-18H. The fourth-order valence-electron chi connectivity index (χ4n) is 4.01. The van der Waals surface area contributed by atoms with Crippen molar-refractivity contribution in [1.82, 2.24) is 4.90 Å². The number of halogens is 6. The lowest BCUT2D eigenvalue weighted by molar-refractivity contribution is -0.130. The van der Waals surface area contributed by atoms with Gasteiger partial charge in [-0.25, -0.2) is 0 Å². The predicted octanol–water partition coefficient (Wildman–Crippen LogP) is 7.42. The average Bonchev–Trinajstić information content (AvgIpc) is 3.39. The summed E-state index contributed by atoms with van der Waals surface area (Å²) in [6.45, 7) is 0. The average molecular weight is 581 g/mol. The van der Waals surface area contributed by atoms with Crippen LogP contribution in [0.25, 0.3) is 0 Å². The molecule has 3 amide bonds. The first-order valence-electron chi connectivity index (χ1n) is 9.20. The number of β-lactam (4-membered cyclic amide) rings is 1. The molecular weight excluding hydrogens is 573 g/mol. The highest BCUT2D eigenvalue weighted by atomic mass is 35.5. The van der Waals surface area contributed by atoms with Crippen LogP contribution in [0.15, 0.2) is 35.7 Å². The Bertz CT molecular complexity index is 1330. The first-order valence-corrected chi connectivity index (χ1v) is 12.3. The second-order valence-corrected chi connectivity index (χ2v) is 10.5. The number of fused-ring (bicyclic) bond motifs is 1. The van der Waals surface area contributed by atoms with Gasteiger partial charge in [0.1, 0.15) is 12.1 Å². The first kappa shape index (κ1) is 23.2. The summed E-state index contributed by atoms with van der Waals surface area (Å²) in [6, 6.07) is 6.59. The number of hydrogen-bond acceptors (Lipinski definition) is 4. The van der Waals surface area contributed by atoms with Crippen LogP contribution in [-0.4, -0.2) is 28.7 Å². The van der Waals surface area contributed by atoms with Crippen LogP contribution >= 0.6 is 80.9 Å². The van der Waals surface area contributed by atoms with Gasteiger partial charge in [0.15, 0.2) is 0 Å². The van der Waals surface area contributed by atoms with Crippen molar-refractivity contribution in [3.63, 3.8) is 0 Å². The minimum atomic E-state index is -1.13. The molecule has 168 valence electrons. The number of anilines is 1. The molecule has 2 aliphatic rings. The fraction of sp³-hybridized carbons (Fsp3) is 0.0952. The van der Waals surface area contributed by atoms with E-state index in [2.05, 4.69) is 0 Å². The van der Waals surface area contributed by atoms with Crippen LogP contribution in [0.5, 0.6) is 0 Å². The van der Waals surface area contributed by atoms with Gasteiger partial charge < -0.3 is 0 Å². The van der Waals surface area contributed by atoms with Gasteiger partial charge in [0.2, 0.25) is 0 Å². The van der Waals surface area contributed by atoms with E-state index in [-0.39, 0.29) is 36.2 Å². The Labute approximate surface area is 221 Å². The molecule has 3 aromatic rings. The smallest absolute Gasteiger partial charge is 0.264 e. The van der Waals surface area contributed by atoms with E-state index in [9.17, 15) is 14.4 Å². The highest BCUT2D eigenvalue weighted by molar-refractivity contribution is 7.10. The van der Waals surface area contributed by atoms with Gasteiger partial charge in [-0.3, -0.25) is 24.2 Å². The SMILES string of the molecule is O=C1c2c(Cl)c(Cl)c(Cl)c(Cl)c2C(=O)N1C1C(=O)N(c2ccc(Cl)c(Cl)c2)C1c1cccs1. The van der Waals surface area contributed by atoms with Gasteiger partial charge in [-0.1, -0.05) is 75.7 Å². The van der Waals surface area contributed by atoms with Crippen molar-refractivity contribution in [2.45, 2.75) is 12.1 Å². The van der Waals surface area contributed by atoms with E-state index in [1.165, 1.54) is 16.2 Å². The summed E-state index contributed by atoms with van der Waals surface area (Å²) in [5.41, 5.74) is 0.126. The molecule has 5 rings (SSSR count). The fourth-order valence-corrected chi connectivity index (χ4v) is 6.16. The molecular formula is C21H8Cl6N2O3S. The molecule has 0 aliphatic carbocycles. The third-order valence-electron chi connectivity index (χ3n) is 5.49. The van der Waals surface area contributed by atoms with Crippen molar-refractivity contribution in [2.75, 3.05) is 4.90 Å². The molecule has 1 saturated heterocycles. The van der Waals surface area contributed by atoms with Crippen molar-refractivity contribution in [2.24, 2.45) is 0 Å². The zero-order valence-electron chi connectivity index (χ0n) is 15.9. The minimum absolute atomic E-state index is 0.141. The molecule has 1 fully saturated rings. The normalized spacial score (nSPS) is 19.9. The van der Waals surface area contributed by atoms with E-state index in [1.54, 1.807) is 18.2 Å². The number of imide groups is 1. The van der Waals surface area contributed by atoms with E-state index in [0.29, 0.717) is 10.7 Å². The summed E-state index contributed by atoms with van der Waals surface area (Å²) in [7, 11) is 0. The number of rotatable bonds is 3. The predicted molar refractivity (Wildman–Crippen MR) is 132 cm³/mol. The van der Waals surface area contributed by atoms with Crippen molar-refractivity contribution >= 4 is 104 Å². The minimum Gasteiger partial charge on any atom is -0.300 e. The molecule has 0 saturated carbocycles. The second-order valence-electron chi connectivity index (χ2n) is 7.20. The maximum atomic E-state index is 13.4. The lowest BCUT2D eigenvalue weighted by Crippen LogP contribution is -2.67. The summed E-state index contributed by atoms with van der Waals surface area (Å²) < 4.78 is 0. The van der Waals surface area contributed by atoms with E-state index in [0.717, 1.165) is 9.78 Å². The number of amides is 3. The zero-order chi connectivity index (χ0) is 23.8. The Morgan fingerprint density at radius 1 is 0.697 bits per heavy atom. The zero-order valence-corrected chi connectivity index (χ0v) is 21.3. The molecule has 0 spiro atoms. The molecule has 0 bridgehead atoms. The molecule has 2 aliphatic heterocycles. The van der Waals surface area contributed by atoms with Gasteiger partial charge in [-0.05, 0) is 29.6 Å². The summed E-state index contributed by atoms with van der Waals surface area (Å²) >= 11 is 38.2. The van der Waals surface area contributed by atoms with E-state index < -0.39 is 29.8 Å². The Balaban J connectivity index is 1.62.